The fourth-order valence-corrected chi connectivity index (χ4v) is 7.69. The van der Waals surface area contributed by atoms with E-state index in [0.717, 1.165) is 21.5 Å². The molecule has 2 N–H and O–H groups in total. The van der Waals surface area contributed by atoms with E-state index in [1.807, 2.05) is 38.1 Å². The van der Waals surface area contributed by atoms with Crippen LogP contribution < -0.4 is 5.73 Å². The summed E-state index contributed by atoms with van der Waals surface area (Å²) in [6.07, 6.45) is 0. The molecular weight excluding hydrogens is 404 g/mol. The van der Waals surface area contributed by atoms with Gasteiger partial charge in [0.1, 0.15) is 16.7 Å². The van der Waals surface area contributed by atoms with Gasteiger partial charge in [-0.15, -0.1) is 23.5 Å². The number of thioether (sulfide) groups is 2. The fraction of sp³-hybridized carbons (Fsp3) is 0.471. The summed E-state index contributed by atoms with van der Waals surface area (Å²) in [5.74, 6) is 1.63. The van der Waals surface area contributed by atoms with Crippen LogP contribution in [0.2, 0.25) is 0 Å². The second-order valence-electron chi connectivity index (χ2n) is 5.74. The van der Waals surface area contributed by atoms with Gasteiger partial charge in [-0.2, -0.15) is 10.5 Å². The summed E-state index contributed by atoms with van der Waals surface area (Å²) in [6.45, 7) is 4.09. The third kappa shape index (κ3) is 1.84. The van der Waals surface area contributed by atoms with Crippen LogP contribution in [0.4, 0.5) is 0 Å². The molecule has 1 aromatic carbocycles. The molecule has 1 aromatic rings. The van der Waals surface area contributed by atoms with Gasteiger partial charge < -0.3 is 5.73 Å². The lowest BCUT2D eigenvalue weighted by Crippen LogP contribution is -2.31. The normalized spacial score (nSPS) is 32.4. The largest absolute Gasteiger partial charge is 0.386 e. The number of hydrogen-bond donors (Lipinski definition) is 1. The molecule has 1 heterocycles. The second kappa shape index (κ2) is 5.98. The van der Waals surface area contributed by atoms with E-state index in [-0.39, 0.29) is 5.92 Å². The minimum atomic E-state index is -1.05. The van der Waals surface area contributed by atoms with Crippen molar-refractivity contribution in [2.75, 3.05) is 11.5 Å². The van der Waals surface area contributed by atoms with Crippen LogP contribution in [0.5, 0.6) is 0 Å². The highest BCUT2D eigenvalue weighted by Crippen LogP contribution is 2.85. The van der Waals surface area contributed by atoms with Gasteiger partial charge >= 0.3 is 0 Å². The summed E-state index contributed by atoms with van der Waals surface area (Å²) in [7, 11) is 0. The van der Waals surface area contributed by atoms with Crippen molar-refractivity contribution in [2.45, 2.75) is 24.0 Å². The van der Waals surface area contributed by atoms with E-state index in [4.69, 9.17) is 5.73 Å². The van der Waals surface area contributed by atoms with Gasteiger partial charge in [-0.1, -0.05) is 48.0 Å². The molecular formula is C17H17BrN4S2. The first-order valence-corrected chi connectivity index (χ1v) is 10.5. The van der Waals surface area contributed by atoms with E-state index in [1.165, 1.54) is 0 Å². The highest BCUT2D eigenvalue weighted by molar-refractivity contribution is 9.10. The number of fused-ring (bicyclic) bond motifs is 1. The summed E-state index contributed by atoms with van der Waals surface area (Å²) in [5, 5.41) is 20.2. The number of amidine groups is 1. The Balaban J connectivity index is 2.25. The predicted molar refractivity (Wildman–Crippen MR) is 104 cm³/mol. The molecule has 0 aromatic heterocycles. The Bertz CT molecular complexity index is 791. The lowest BCUT2D eigenvalue weighted by Gasteiger charge is -2.31. The summed E-state index contributed by atoms with van der Waals surface area (Å²) in [5.41, 5.74) is 5.24. The van der Waals surface area contributed by atoms with Crippen molar-refractivity contribution < 1.29 is 0 Å². The summed E-state index contributed by atoms with van der Waals surface area (Å²) in [6, 6.07) is 12.6. The summed E-state index contributed by atoms with van der Waals surface area (Å²) < 4.78 is 0.170. The molecule has 3 rings (SSSR count). The molecule has 0 radical (unpaired) electrons. The molecule has 0 spiro atoms. The van der Waals surface area contributed by atoms with Gasteiger partial charge in [0.2, 0.25) is 0 Å². The highest BCUT2D eigenvalue weighted by Gasteiger charge is 2.92. The Morgan fingerprint density at radius 3 is 2.33 bits per heavy atom. The molecule has 0 unspecified atom stereocenters. The zero-order valence-electron chi connectivity index (χ0n) is 13.4. The van der Waals surface area contributed by atoms with Gasteiger partial charge in [0.05, 0.1) is 12.1 Å². The third-order valence-corrected chi connectivity index (χ3v) is 8.44. The Hall–Kier alpha value is -1.15. The predicted octanol–water partition coefficient (Wildman–Crippen LogP) is 4.10. The molecule has 4 nitrogen and oxygen atoms in total. The molecule has 1 saturated carbocycles. The maximum atomic E-state index is 10.2. The Kier molecular flexibility index (Phi) is 4.40. The van der Waals surface area contributed by atoms with E-state index < -0.39 is 15.0 Å². The fourth-order valence-electron chi connectivity index (χ4n) is 3.93. The zero-order valence-corrected chi connectivity index (χ0v) is 16.6. The minimum Gasteiger partial charge on any atom is -0.386 e. The van der Waals surface area contributed by atoms with E-state index >= 15 is 0 Å². The van der Waals surface area contributed by atoms with E-state index in [1.54, 1.807) is 23.5 Å². The van der Waals surface area contributed by atoms with Crippen LogP contribution in [0, 0.1) is 33.5 Å². The van der Waals surface area contributed by atoms with Crippen LogP contribution in [0.3, 0.4) is 0 Å². The first kappa shape index (κ1) is 17.7. The molecule has 0 bridgehead atoms. The average Bonchev–Trinajstić information content (AvgIpc) is 3.14. The van der Waals surface area contributed by atoms with Gasteiger partial charge in [0.15, 0.2) is 4.20 Å². The van der Waals surface area contributed by atoms with Crippen LogP contribution >= 0.6 is 39.5 Å². The lowest BCUT2D eigenvalue weighted by molar-refractivity contribution is 0.564. The summed E-state index contributed by atoms with van der Waals surface area (Å²) in [4.78, 5) is 4.68. The molecule has 24 heavy (non-hydrogen) atoms. The molecule has 0 amide bonds. The maximum Gasteiger partial charge on any atom is 0.175 e. The van der Waals surface area contributed by atoms with Crippen molar-refractivity contribution in [1.82, 2.24) is 0 Å². The van der Waals surface area contributed by atoms with Crippen LogP contribution in [0.15, 0.2) is 33.7 Å². The molecule has 124 valence electrons. The lowest BCUT2D eigenvalue weighted by atomic mass is 9.97. The number of nitrogens with two attached hydrogens (primary N) is 1. The van der Waals surface area contributed by atoms with E-state index in [0.29, 0.717) is 5.84 Å². The first-order valence-electron chi connectivity index (χ1n) is 7.72. The van der Waals surface area contributed by atoms with Crippen molar-refractivity contribution in [3.05, 3.63) is 34.3 Å². The molecule has 2 aliphatic rings. The number of aliphatic imine (C=N–C) groups is 1. The average molecular weight is 421 g/mol. The van der Waals surface area contributed by atoms with Crippen molar-refractivity contribution in [2.24, 2.45) is 21.6 Å². The molecule has 3 atom stereocenters. The van der Waals surface area contributed by atoms with Gasteiger partial charge in [0, 0.05) is 10.4 Å². The quantitative estimate of drug-likeness (QED) is 0.724. The molecule has 1 aliphatic heterocycles. The van der Waals surface area contributed by atoms with Crippen molar-refractivity contribution in [1.29, 1.82) is 10.5 Å². The molecule has 0 saturated heterocycles. The van der Waals surface area contributed by atoms with Gasteiger partial charge in [0.25, 0.3) is 0 Å². The zero-order chi connectivity index (χ0) is 17.6. The molecule has 1 fully saturated rings. The molecule has 7 heteroatoms. The van der Waals surface area contributed by atoms with E-state index in [2.05, 4.69) is 33.1 Å². The first-order chi connectivity index (χ1) is 11.5. The number of nitrogens with zero attached hydrogens (tertiary/aromatic N) is 3. The molecule has 1 aliphatic carbocycles. The van der Waals surface area contributed by atoms with Crippen LogP contribution in [0.1, 0.15) is 25.3 Å². The maximum absolute atomic E-state index is 10.2. The topological polar surface area (TPSA) is 86.0 Å². The van der Waals surface area contributed by atoms with E-state index in [9.17, 15) is 10.5 Å². The van der Waals surface area contributed by atoms with Crippen LogP contribution in [-0.4, -0.2) is 21.5 Å². The number of halogens is 1. The highest BCUT2D eigenvalue weighted by atomic mass is 79.9. The standard InChI is InChI=1S/C17H17BrN4S2/c1-3-23-17(24-4-2)16(10-20)13(11-7-5-6-8-12(11)18)15(16,9-19)14(21)22-17/h5-8,13H,3-4H2,1-2H3,(H2,21,22)/t13-,15-,16-/m0/s1. The van der Waals surface area contributed by atoms with Crippen molar-refractivity contribution >= 4 is 45.3 Å². The minimum absolute atomic E-state index is 0.272. The third-order valence-electron chi connectivity index (χ3n) is 4.82. The number of benzene rings is 1. The number of nitriles is 2. The monoisotopic (exact) mass is 420 g/mol. The van der Waals surface area contributed by atoms with Gasteiger partial charge in [-0.3, -0.25) is 0 Å². The van der Waals surface area contributed by atoms with Crippen molar-refractivity contribution in [3.8, 4) is 12.1 Å². The Labute approximate surface area is 159 Å². The Morgan fingerprint density at radius 2 is 1.83 bits per heavy atom. The summed E-state index contributed by atoms with van der Waals surface area (Å²) >= 11 is 6.80. The van der Waals surface area contributed by atoms with Crippen LogP contribution in [-0.2, 0) is 0 Å². The number of rotatable bonds is 5. The number of hydrogen-bond acceptors (Lipinski definition) is 6. The smallest absolute Gasteiger partial charge is 0.175 e. The van der Waals surface area contributed by atoms with Gasteiger partial charge in [-0.25, -0.2) is 4.99 Å². The van der Waals surface area contributed by atoms with Gasteiger partial charge in [-0.05, 0) is 23.1 Å². The SMILES string of the molecule is CCSC1(SCC)N=C(N)[C@]2(C#N)[C@H](c3ccccc3Br)[C@]12C#N. The van der Waals surface area contributed by atoms with Crippen LogP contribution in [0.25, 0.3) is 0 Å². The van der Waals surface area contributed by atoms with Crippen molar-refractivity contribution in [3.63, 3.8) is 0 Å². The second-order valence-corrected chi connectivity index (χ2v) is 9.77. The Morgan fingerprint density at radius 1 is 1.21 bits per heavy atom.